The zero-order valence-corrected chi connectivity index (χ0v) is 12.6. The minimum Gasteiger partial charge on any atom is -0.312 e. The number of likely N-dealkylation sites (N-methyl/N-ethyl adjacent to an activating group) is 1. The fourth-order valence-electron chi connectivity index (χ4n) is 1.81. The van der Waals surface area contributed by atoms with Gasteiger partial charge >= 0.3 is 0 Å². The Bertz CT molecular complexity index is 484. The topological polar surface area (TPSA) is 29.9 Å². The van der Waals surface area contributed by atoms with Crippen LogP contribution in [-0.2, 0) is 13.5 Å². The van der Waals surface area contributed by atoms with Crippen LogP contribution in [0.3, 0.4) is 0 Å². The lowest BCUT2D eigenvalue weighted by Crippen LogP contribution is -2.17. The van der Waals surface area contributed by atoms with Crippen LogP contribution < -0.4 is 5.32 Å². The molecular formula is C12H16BrN3S. The quantitative estimate of drug-likeness (QED) is 0.940. The van der Waals surface area contributed by atoms with Crippen molar-refractivity contribution in [2.75, 3.05) is 7.05 Å². The highest BCUT2D eigenvalue weighted by molar-refractivity contribution is 9.11. The summed E-state index contributed by atoms with van der Waals surface area (Å²) < 4.78 is 3.07. The van der Waals surface area contributed by atoms with Crippen molar-refractivity contribution in [3.63, 3.8) is 0 Å². The highest BCUT2D eigenvalue weighted by Gasteiger charge is 2.14. The van der Waals surface area contributed by atoms with Crippen LogP contribution in [0.25, 0.3) is 0 Å². The number of thiophene rings is 1. The van der Waals surface area contributed by atoms with Gasteiger partial charge in [-0.3, -0.25) is 4.68 Å². The highest BCUT2D eigenvalue weighted by atomic mass is 79.9. The minimum absolute atomic E-state index is 0.356. The summed E-state index contributed by atoms with van der Waals surface area (Å²) in [7, 11) is 3.95. The third-order valence-corrected chi connectivity index (χ3v) is 5.02. The molecule has 0 aliphatic rings. The molecule has 1 N–H and O–H groups in total. The van der Waals surface area contributed by atoms with Gasteiger partial charge in [-0.05, 0) is 53.5 Å². The van der Waals surface area contributed by atoms with E-state index in [4.69, 9.17) is 0 Å². The fourth-order valence-corrected chi connectivity index (χ4v) is 3.49. The van der Waals surface area contributed by atoms with E-state index in [0.29, 0.717) is 6.04 Å². The SMILES string of the molecule is CNC(Cc1cnn(C)c1)c1cc(C)c(Br)s1. The summed E-state index contributed by atoms with van der Waals surface area (Å²) in [5.41, 5.74) is 2.56. The molecule has 0 aliphatic heterocycles. The smallest absolute Gasteiger partial charge is 0.0731 e. The van der Waals surface area contributed by atoms with Crippen molar-refractivity contribution in [2.45, 2.75) is 19.4 Å². The molecule has 17 heavy (non-hydrogen) atoms. The van der Waals surface area contributed by atoms with Gasteiger partial charge in [-0.25, -0.2) is 0 Å². The summed E-state index contributed by atoms with van der Waals surface area (Å²) in [5.74, 6) is 0. The van der Waals surface area contributed by atoms with Crippen LogP contribution in [0.4, 0.5) is 0 Å². The van der Waals surface area contributed by atoms with Gasteiger partial charge in [0.05, 0.1) is 9.98 Å². The predicted octanol–water partition coefficient (Wildman–Crippen LogP) is 3.06. The highest BCUT2D eigenvalue weighted by Crippen LogP contribution is 2.32. The normalized spacial score (nSPS) is 12.9. The maximum atomic E-state index is 4.20. The first-order valence-corrected chi connectivity index (χ1v) is 7.11. The van der Waals surface area contributed by atoms with Crippen molar-refractivity contribution in [1.82, 2.24) is 15.1 Å². The molecule has 0 amide bonds. The molecule has 2 heterocycles. The summed E-state index contributed by atoms with van der Waals surface area (Å²) in [4.78, 5) is 1.36. The van der Waals surface area contributed by atoms with Crippen molar-refractivity contribution in [3.05, 3.63) is 38.3 Å². The maximum absolute atomic E-state index is 4.20. The lowest BCUT2D eigenvalue weighted by Gasteiger charge is -2.12. The van der Waals surface area contributed by atoms with Crippen LogP contribution in [0.5, 0.6) is 0 Å². The number of aromatic nitrogens is 2. The summed E-state index contributed by atoms with van der Waals surface area (Å²) in [5, 5.41) is 7.57. The molecule has 3 nitrogen and oxygen atoms in total. The molecule has 0 aromatic carbocycles. The summed E-state index contributed by atoms with van der Waals surface area (Å²) in [6.45, 7) is 2.13. The Labute approximate surface area is 114 Å². The third-order valence-electron chi connectivity index (χ3n) is 2.77. The molecule has 0 saturated heterocycles. The van der Waals surface area contributed by atoms with E-state index in [1.807, 2.05) is 25.0 Å². The molecule has 2 aromatic heterocycles. The van der Waals surface area contributed by atoms with Crippen molar-refractivity contribution in [3.8, 4) is 0 Å². The Morgan fingerprint density at radius 2 is 2.35 bits per heavy atom. The summed E-state index contributed by atoms with van der Waals surface area (Å²) >= 11 is 5.38. The number of hydrogen-bond acceptors (Lipinski definition) is 3. The monoisotopic (exact) mass is 313 g/mol. The number of rotatable bonds is 4. The molecule has 0 aliphatic carbocycles. The molecule has 2 aromatic rings. The van der Waals surface area contributed by atoms with Gasteiger partial charge in [-0.15, -0.1) is 11.3 Å². The van der Waals surface area contributed by atoms with Gasteiger partial charge in [-0.1, -0.05) is 0 Å². The van der Waals surface area contributed by atoms with Gasteiger partial charge in [0.15, 0.2) is 0 Å². The molecule has 1 atom stereocenters. The Hall–Kier alpha value is -0.650. The molecule has 5 heteroatoms. The minimum atomic E-state index is 0.356. The average Bonchev–Trinajstić information content (AvgIpc) is 2.83. The molecule has 1 unspecified atom stereocenters. The molecule has 0 saturated carbocycles. The summed E-state index contributed by atoms with van der Waals surface area (Å²) in [6, 6.07) is 2.60. The first kappa shape index (κ1) is 12.8. The lowest BCUT2D eigenvalue weighted by atomic mass is 10.1. The largest absolute Gasteiger partial charge is 0.312 e. The first-order valence-electron chi connectivity index (χ1n) is 5.50. The third kappa shape index (κ3) is 2.97. The predicted molar refractivity (Wildman–Crippen MR) is 75.5 cm³/mol. The van der Waals surface area contributed by atoms with Crippen LogP contribution in [0, 0.1) is 6.92 Å². The van der Waals surface area contributed by atoms with Crippen LogP contribution >= 0.6 is 27.3 Å². The van der Waals surface area contributed by atoms with E-state index in [0.717, 1.165) is 6.42 Å². The second kappa shape index (κ2) is 5.33. The molecule has 92 valence electrons. The van der Waals surface area contributed by atoms with Crippen molar-refractivity contribution >= 4 is 27.3 Å². The van der Waals surface area contributed by atoms with Gasteiger partial charge in [0.25, 0.3) is 0 Å². The second-order valence-corrected chi connectivity index (χ2v) is 6.57. The van der Waals surface area contributed by atoms with Crippen molar-refractivity contribution in [1.29, 1.82) is 0 Å². The Morgan fingerprint density at radius 3 is 2.82 bits per heavy atom. The van der Waals surface area contributed by atoms with Crippen molar-refractivity contribution in [2.24, 2.45) is 7.05 Å². The summed E-state index contributed by atoms with van der Waals surface area (Å²) in [6.07, 6.45) is 4.97. The number of halogens is 1. The molecule has 0 radical (unpaired) electrons. The number of nitrogens with one attached hydrogen (secondary N) is 1. The number of aryl methyl sites for hydroxylation is 2. The van der Waals surface area contributed by atoms with Crippen LogP contribution in [0.2, 0.25) is 0 Å². The van der Waals surface area contributed by atoms with Gasteiger partial charge in [0, 0.05) is 24.2 Å². The Kier molecular flexibility index (Phi) is 4.01. The van der Waals surface area contributed by atoms with Gasteiger partial charge < -0.3 is 5.32 Å². The number of hydrogen-bond donors (Lipinski definition) is 1. The maximum Gasteiger partial charge on any atom is 0.0731 e. The van der Waals surface area contributed by atoms with E-state index in [2.05, 4.69) is 45.5 Å². The molecule has 0 fully saturated rings. The van der Waals surface area contributed by atoms with E-state index in [1.165, 1.54) is 19.8 Å². The van der Waals surface area contributed by atoms with Gasteiger partial charge in [0.1, 0.15) is 0 Å². The standard InChI is InChI=1S/C12H16BrN3S/c1-8-4-11(17-12(8)13)10(14-2)5-9-6-15-16(3)7-9/h4,6-7,10,14H,5H2,1-3H3. The van der Waals surface area contributed by atoms with Gasteiger partial charge in [-0.2, -0.15) is 5.10 Å². The zero-order valence-electron chi connectivity index (χ0n) is 10.2. The van der Waals surface area contributed by atoms with E-state index < -0.39 is 0 Å². The average molecular weight is 314 g/mol. The van der Waals surface area contributed by atoms with Crippen LogP contribution in [0.1, 0.15) is 22.0 Å². The molecule has 0 spiro atoms. The van der Waals surface area contributed by atoms with Crippen LogP contribution in [-0.4, -0.2) is 16.8 Å². The molecule has 0 bridgehead atoms. The van der Waals surface area contributed by atoms with Gasteiger partial charge in [0.2, 0.25) is 0 Å². The number of nitrogens with zero attached hydrogens (tertiary/aromatic N) is 2. The fraction of sp³-hybridized carbons (Fsp3) is 0.417. The van der Waals surface area contributed by atoms with E-state index in [-0.39, 0.29) is 0 Å². The molecule has 2 rings (SSSR count). The van der Waals surface area contributed by atoms with Crippen molar-refractivity contribution < 1.29 is 0 Å². The Balaban J connectivity index is 2.16. The second-order valence-electron chi connectivity index (χ2n) is 4.17. The van der Waals surface area contributed by atoms with E-state index in [9.17, 15) is 0 Å². The Morgan fingerprint density at radius 1 is 1.59 bits per heavy atom. The van der Waals surface area contributed by atoms with E-state index >= 15 is 0 Å². The van der Waals surface area contributed by atoms with E-state index in [1.54, 1.807) is 11.3 Å². The lowest BCUT2D eigenvalue weighted by molar-refractivity contribution is 0.601. The van der Waals surface area contributed by atoms with Crippen LogP contribution in [0.15, 0.2) is 22.2 Å². The first-order chi connectivity index (χ1) is 8.10. The molecular weight excluding hydrogens is 298 g/mol. The zero-order chi connectivity index (χ0) is 12.4.